The van der Waals surface area contributed by atoms with Crippen LogP contribution in [0.25, 0.3) is 0 Å². The molecular weight excluding hydrogens is 292 g/mol. The van der Waals surface area contributed by atoms with Gasteiger partial charge in [0.05, 0.1) is 0 Å². The van der Waals surface area contributed by atoms with Crippen molar-refractivity contribution in [3.8, 4) is 5.75 Å². The highest BCUT2D eigenvalue weighted by Crippen LogP contribution is 2.18. The number of benzene rings is 1. The molecule has 1 saturated heterocycles. The van der Waals surface area contributed by atoms with Gasteiger partial charge in [0.2, 0.25) is 0 Å². The van der Waals surface area contributed by atoms with Crippen molar-refractivity contribution in [1.29, 1.82) is 0 Å². The topological polar surface area (TPSA) is 53.0 Å². The smallest absolute Gasteiger partial charge is 0.263 e. The maximum Gasteiger partial charge on any atom is 0.263 e. The molecule has 1 fully saturated rings. The first kappa shape index (κ1) is 17.8. The number of aryl methyl sites for hydroxylation is 1. The molecule has 1 unspecified atom stereocenters. The summed E-state index contributed by atoms with van der Waals surface area (Å²) in [6, 6.07) is 7.77. The van der Waals surface area contributed by atoms with Crippen molar-refractivity contribution in [2.75, 3.05) is 39.3 Å². The van der Waals surface area contributed by atoms with Crippen molar-refractivity contribution in [1.82, 2.24) is 9.80 Å². The van der Waals surface area contributed by atoms with Crippen LogP contribution < -0.4 is 4.74 Å². The molecule has 1 aliphatic heterocycles. The second kappa shape index (κ2) is 8.89. The zero-order valence-electron chi connectivity index (χ0n) is 14.2. The molecule has 0 radical (unpaired) electrons. The van der Waals surface area contributed by atoms with Crippen LogP contribution in [0.2, 0.25) is 0 Å². The fraction of sp³-hybridized carbons (Fsp3) is 0.611. The largest absolute Gasteiger partial charge is 0.481 e. The van der Waals surface area contributed by atoms with Crippen molar-refractivity contribution in [3.05, 3.63) is 29.8 Å². The quantitative estimate of drug-likeness (QED) is 0.777. The first-order chi connectivity index (χ1) is 11.1. The molecule has 0 aliphatic carbocycles. The number of nitrogens with zero attached hydrogens (tertiary/aromatic N) is 2. The predicted octanol–water partition coefficient (Wildman–Crippen LogP) is 1.68. The predicted molar refractivity (Wildman–Crippen MR) is 90.6 cm³/mol. The lowest BCUT2D eigenvalue weighted by atomic mass is 10.2. The molecule has 0 aromatic heterocycles. The fourth-order valence-corrected chi connectivity index (χ4v) is 2.83. The highest BCUT2D eigenvalue weighted by atomic mass is 16.5. The zero-order chi connectivity index (χ0) is 16.7. The molecule has 1 aromatic rings. The van der Waals surface area contributed by atoms with Crippen LogP contribution in [0.5, 0.6) is 5.75 Å². The molecule has 128 valence electrons. The van der Waals surface area contributed by atoms with E-state index in [0.29, 0.717) is 0 Å². The van der Waals surface area contributed by atoms with E-state index in [-0.39, 0.29) is 12.5 Å². The minimum absolute atomic E-state index is 0.0586. The molecule has 1 aliphatic rings. The van der Waals surface area contributed by atoms with Gasteiger partial charge in [0, 0.05) is 32.8 Å². The van der Waals surface area contributed by atoms with Gasteiger partial charge in [0.25, 0.3) is 5.91 Å². The minimum atomic E-state index is -0.461. The van der Waals surface area contributed by atoms with Gasteiger partial charge in [-0.1, -0.05) is 18.2 Å². The molecule has 1 amide bonds. The standard InChI is InChI=1S/C18H28N2O3/c1-15-7-3-4-8-17(15)23-16(2)18(22)20-12-10-19(11-13-20)9-5-6-14-21/h3-4,7-8,16,21H,5-6,9-14H2,1-2H3. The summed E-state index contributed by atoms with van der Waals surface area (Å²) >= 11 is 0. The minimum Gasteiger partial charge on any atom is -0.481 e. The SMILES string of the molecule is Cc1ccccc1OC(C)C(=O)N1CCN(CCCCO)CC1. The maximum absolute atomic E-state index is 12.5. The van der Waals surface area contributed by atoms with Gasteiger partial charge in [-0.05, 0) is 44.9 Å². The normalized spacial score (nSPS) is 17.1. The van der Waals surface area contributed by atoms with Crippen molar-refractivity contribution in [2.45, 2.75) is 32.8 Å². The number of para-hydroxylation sites is 1. The Morgan fingerprint density at radius 3 is 2.57 bits per heavy atom. The summed E-state index contributed by atoms with van der Waals surface area (Å²) in [5, 5.41) is 8.83. The van der Waals surface area contributed by atoms with Crippen LogP contribution in [0, 0.1) is 6.92 Å². The lowest BCUT2D eigenvalue weighted by molar-refractivity contribution is -0.139. The summed E-state index contributed by atoms with van der Waals surface area (Å²) in [6.45, 7) is 8.35. The van der Waals surface area contributed by atoms with Crippen LogP contribution >= 0.6 is 0 Å². The third-order valence-corrected chi connectivity index (χ3v) is 4.31. The Balaban J connectivity index is 1.79. The molecule has 0 saturated carbocycles. The first-order valence-corrected chi connectivity index (χ1v) is 8.46. The lowest BCUT2D eigenvalue weighted by Crippen LogP contribution is -2.52. The van der Waals surface area contributed by atoms with E-state index in [1.54, 1.807) is 0 Å². The van der Waals surface area contributed by atoms with Crippen LogP contribution in [0.4, 0.5) is 0 Å². The monoisotopic (exact) mass is 320 g/mol. The van der Waals surface area contributed by atoms with E-state index < -0.39 is 6.10 Å². The van der Waals surface area contributed by atoms with Gasteiger partial charge in [0.1, 0.15) is 5.75 Å². The van der Waals surface area contributed by atoms with Gasteiger partial charge in [-0.3, -0.25) is 9.69 Å². The Hall–Kier alpha value is -1.59. The molecule has 23 heavy (non-hydrogen) atoms. The Labute approximate surface area is 138 Å². The van der Waals surface area contributed by atoms with Crippen molar-refractivity contribution in [3.63, 3.8) is 0 Å². The highest BCUT2D eigenvalue weighted by molar-refractivity contribution is 5.81. The summed E-state index contributed by atoms with van der Waals surface area (Å²) in [7, 11) is 0. The number of amides is 1. The Morgan fingerprint density at radius 1 is 1.22 bits per heavy atom. The fourth-order valence-electron chi connectivity index (χ4n) is 2.83. The van der Waals surface area contributed by atoms with E-state index in [2.05, 4.69) is 4.90 Å². The van der Waals surface area contributed by atoms with Gasteiger partial charge in [0.15, 0.2) is 6.10 Å². The molecule has 0 bridgehead atoms. The van der Waals surface area contributed by atoms with Gasteiger partial charge < -0.3 is 14.7 Å². The number of ether oxygens (including phenoxy) is 1. The summed E-state index contributed by atoms with van der Waals surface area (Å²) in [5.41, 5.74) is 1.04. The summed E-state index contributed by atoms with van der Waals surface area (Å²) < 4.78 is 5.83. The van der Waals surface area contributed by atoms with Crippen molar-refractivity contribution in [2.24, 2.45) is 0 Å². The number of aliphatic hydroxyl groups is 1. The van der Waals surface area contributed by atoms with Gasteiger partial charge in [-0.15, -0.1) is 0 Å². The summed E-state index contributed by atoms with van der Waals surface area (Å²) in [5.74, 6) is 0.833. The van der Waals surface area contributed by atoms with Crippen molar-refractivity contribution >= 4 is 5.91 Å². The maximum atomic E-state index is 12.5. The zero-order valence-corrected chi connectivity index (χ0v) is 14.2. The van der Waals surface area contributed by atoms with E-state index in [9.17, 15) is 4.79 Å². The van der Waals surface area contributed by atoms with E-state index in [1.807, 2.05) is 43.0 Å². The number of hydrogen-bond donors (Lipinski definition) is 1. The number of piperazine rings is 1. The molecule has 1 heterocycles. The van der Waals surface area contributed by atoms with E-state index in [1.165, 1.54) is 0 Å². The molecule has 2 rings (SSSR count). The van der Waals surface area contributed by atoms with Crippen LogP contribution in [-0.4, -0.2) is 66.2 Å². The van der Waals surface area contributed by atoms with E-state index in [0.717, 1.165) is 56.9 Å². The highest BCUT2D eigenvalue weighted by Gasteiger charge is 2.26. The van der Waals surface area contributed by atoms with E-state index >= 15 is 0 Å². The molecule has 1 N–H and O–H groups in total. The lowest BCUT2D eigenvalue weighted by Gasteiger charge is -2.35. The number of carbonyl (C=O) groups is 1. The second-order valence-electron chi connectivity index (χ2n) is 6.12. The number of unbranched alkanes of at least 4 members (excludes halogenated alkanes) is 1. The van der Waals surface area contributed by atoms with Crippen LogP contribution in [-0.2, 0) is 4.79 Å². The Kier molecular flexibility index (Phi) is 6.86. The van der Waals surface area contributed by atoms with Crippen LogP contribution in [0.15, 0.2) is 24.3 Å². The average Bonchev–Trinajstić information content (AvgIpc) is 2.57. The average molecular weight is 320 g/mol. The number of carbonyl (C=O) groups excluding carboxylic acids is 1. The molecular formula is C18H28N2O3. The van der Waals surface area contributed by atoms with E-state index in [4.69, 9.17) is 9.84 Å². The van der Waals surface area contributed by atoms with Crippen molar-refractivity contribution < 1.29 is 14.6 Å². The van der Waals surface area contributed by atoms with Gasteiger partial charge in [-0.2, -0.15) is 0 Å². The molecule has 5 nitrogen and oxygen atoms in total. The third kappa shape index (κ3) is 5.22. The molecule has 1 atom stereocenters. The molecule has 1 aromatic carbocycles. The number of hydrogen-bond acceptors (Lipinski definition) is 4. The molecule has 5 heteroatoms. The van der Waals surface area contributed by atoms with Gasteiger partial charge >= 0.3 is 0 Å². The summed E-state index contributed by atoms with van der Waals surface area (Å²) in [4.78, 5) is 16.8. The first-order valence-electron chi connectivity index (χ1n) is 8.46. The summed E-state index contributed by atoms with van der Waals surface area (Å²) in [6.07, 6.45) is 1.40. The second-order valence-corrected chi connectivity index (χ2v) is 6.12. The Bertz CT molecular complexity index is 499. The van der Waals surface area contributed by atoms with Gasteiger partial charge in [-0.25, -0.2) is 0 Å². The number of rotatable bonds is 7. The number of aliphatic hydroxyl groups excluding tert-OH is 1. The molecule has 0 spiro atoms. The van der Waals surface area contributed by atoms with Crippen LogP contribution in [0.1, 0.15) is 25.3 Å². The Morgan fingerprint density at radius 2 is 1.91 bits per heavy atom. The van der Waals surface area contributed by atoms with Crippen LogP contribution in [0.3, 0.4) is 0 Å². The third-order valence-electron chi connectivity index (χ3n) is 4.31.